The molecule has 0 atom stereocenters. The molecule has 0 bridgehead atoms. The third kappa shape index (κ3) is 3.95. The zero-order valence-corrected chi connectivity index (χ0v) is 16.7. The number of carbonyl (C=O) groups is 1. The maximum Gasteiger partial charge on any atom is 0.265 e. The lowest BCUT2D eigenvalue weighted by Gasteiger charge is -2.19. The van der Waals surface area contributed by atoms with E-state index in [1.54, 1.807) is 26.2 Å². The first kappa shape index (κ1) is 18.9. The Kier molecular flexibility index (Phi) is 5.76. The highest BCUT2D eigenvalue weighted by molar-refractivity contribution is 7.17. The average Bonchev–Trinajstić information content (AvgIpc) is 3.09. The minimum absolute atomic E-state index is 0.0583. The van der Waals surface area contributed by atoms with Crippen LogP contribution in [0.2, 0.25) is 0 Å². The van der Waals surface area contributed by atoms with Crippen LogP contribution in [-0.2, 0) is 6.54 Å². The molecular weight excluding hydrogens is 360 g/mol. The SMILES string of the molecule is COc1cccc(CN(C)C(=O)c2sc(-c3ccccc3)nc2C)c1OC. The van der Waals surface area contributed by atoms with E-state index in [1.165, 1.54) is 11.3 Å². The molecule has 0 aliphatic carbocycles. The molecule has 3 rings (SSSR count). The smallest absolute Gasteiger partial charge is 0.265 e. The van der Waals surface area contributed by atoms with E-state index in [1.807, 2.05) is 55.5 Å². The van der Waals surface area contributed by atoms with Crippen molar-refractivity contribution in [2.24, 2.45) is 0 Å². The summed E-state index contributed by atoms with van der Waals surface area (Å²) in [5, 5.41) is 0.851. The molecule has 0 radical (unpaired) electrons. The Balaban J connectivity index is 1.84. The highest BCUT2D eigenvalue weighted by Crippen LogP contribution is 2.32. The van der Waals surface area contributed by atoms with Gasteiger partial charge in [0.1, 0.15) is 9.88 Å². The minimum atomic E-state index is -0.0583. The van der Waals surface area contributed by atoms with Gasteiger partial charge < -0.3 is 14.4 Å². The summed E-state index contributed by atoms with van der Waals surface area (Å²) in [7, 11) is 4.98. The van der Waals surface area contributed by atoms with Gasteiger partial charge in [-0.15, -0.1) is 11.3 Å². The molecule has 0 fully saturated rings. The van der Waals surface area contributed by atoms with E-state index in [-0.39, 0.29) is 5.91 Å². The van der Waals surface area contributed by atoms with E-state index >= 15 is 0 Å². The molecule has 140 valence electrons. The van der Waals surface area contributed by atoms with Gasteiger partial charge in [0.15, 0.2) is 11.5 Å². The molecule has 3 aromatic rings. The first-order chi connectivity index (χ1) is 13.0. The number of carbonyl (C=O) groups excluding carboxylic acids is 1. The summed E-state index contributed by atoms with van der Waals surface area (Å²) in [5.41, 5.74) is 2.65. The second-order valence-corrected chi connectivity index (χ2v) is 7.11. The normalized spacial score (nSPS) is 10.5. The van der Waals surface area contributed by atoms with Gasteiger partial charge in [-0.3, -0.25) is 4.79 Å². The van der Waals surface area contributed by atoms with Gasteiger partial charge in [-0.2, -0.15) is 0 Å². The molecule has 1 heterocycles. The van der Waals surface area contributed by atoms with E-state index in [0.29, 0.717) is 22.9 Å². The van der Waals surface area contributed by atoms with Gasteiger partial charge in [0.05, 0.1) is 19.9 Å². The van der Waals surface area contributed by atoms with Gasteiger partial charge in [0, 0.05) is 24.7 Å². The molecule has 0 saturated heterocycles. The Bertz CT molecular complexity index is 938. The number of nitrogens with zero attached hydrogens (tertiary/aromatic N) is 2. The zero-order valence-electron chi connectivity index (χ0n) is 15.9. The Morgan fingerprint density at radius 2 is 1.81 bits per heavy atom. The number of methoxy groups -OCH3 is 2. The lowest BCUT2D eigenvalue weighted by molar-refractivity contribution is 0.0788. The van der Waals surface area contributed by atoms with Gasteiger partial charge in [0.2, 0.25) is 0 Å². The third-order valence-electron chi connectivity index (χ3n) is 4.25. The number of rotatable bonds is 6. The van der Waals surface area contributed by atoms with Crippen molar-refractivity contribution in [3.05, 3.63) is 64.7 Å². The van der Waals surface area contributed by atoms with Gasteiger partial charge in [-0.05, 0) is 13.0 Å². The second-order valence-electron chi connectivity index (χ2n) is 6.11. The number of aryl methyl sites for hydroxylation is 1. The molecule has 5 nitrogen and oxygen atoms in total. The predicted molar refractivity (Wildman–Crippen MR) is 108 cm³/mol. The molecule has 0 N–H and O–H groups in total. The van der Waals surface area contributed by atoms with Gasteiger partial charge in [-0.1, -0.05) is 42.5 Å². The number of hydrogen-bond acceptors (Lipinski definition) is 5. The number of amides is 1. The van der Waals surface area contributed by atoms with E-state index in [4.69, 9.17) is 9.47 Å². The molecule has 0 aliphatic rings. The molecule has 0 saturated carbocycles. The van der Waals surface area contributed by atoms with Crippen LogP contribution in [0.3, 0.4) is 0 Å². The Morgan fingerprint density at radius 3 is 2.48 bits per heavy atom. The summed E-state index contributed by atoms with van der Waals surface area (Å²) in [6.07, 6.45) is 0. The maximum atomic E-state index is 13.0. The van der Waals surface area contributed by atoms with Crippen molar-refractivity contribution in [2.75, 3.05) is 21.3 Å². The third-order valence-corrected chi connectivity index (χ3v) is 5.44. The highest BCUT2D eigenvalue weighted by atomic mass is 32.1. The van der Waals surface area contributed by atoms with Crippen LogP contribution in [-0.4, -0.2) is 37.1 Å². The summed E-state index contributed by atoms with van der Waals surface area (Å²) < 4.78 is 10.8. The van der Waals surface area contributed by atoms with Crippen molar-refractivity contribution < 1.29 is 14.3 Å². The Labute approximate surface area is 163 Å². The molecular formula is C21H22N2O3S. The quantitative estimate of drug-likeness (QED) is 0.634. The van der Waals surface area contributed by atoms with Crippen molar-refractivity contribution in [3.8, 4) is 22.1 Å². The number of para-hydroxylation sites is 1. The van der Waals surface area contributed by atoms with Crippen molar-refractivity contribution in [3.63, 3.8) is 0 Å². The van der Waals surface area contributed by atoms with Crippen LogP contribution in [0.5, 0.6) is 11.5 Å². The monoisotopic (exact) mass is 382 g/mol. The van der Waals surface area contributed by atoms with Crippen LogP contribution in [0.4, 0.5) is 0 Å². The molecule has 27 heavy (non-hydrogen) atoms. The largest absolute Gasteiger partial charge is 0.493 e. The van der Waals surface area contributed by atoms with Crippen LogP contribution in [0.1, 0.15) is 20.9 Å². The van der Waals surface area contributed by atoms with Crippen molar-refractivity contribution in [2.45, 2.75) is 13.5 Å². The highest BCUT2D eigenvalue weighted by Gasteiger charge is 2.21. The number of aromatic nitrogens is 1. The lowest BCUT2D eigenvalue weighted by atomic mass is 10.1. The van der Waals surface area contributed by atoms with E-state index in [0.717, 1.165) is 21.8 Å². The van der Waals surface area contributed by atoms with E-state index in [9.17, 15) is 4.79 Å². The minimum Gasteiger partial charge on any atom is -0.493 e. The number of hydrogen-bond donors (Lipinski definition) is 0. The fourth-order valence-electron chi connectivity index (χ4n) is 2.88. The lowest BCUT2D eigenvalue weighted by Crippen LogP contribution is -2.26. The number of benzene rings is 2. The Hall–Kier alpha value is -2.86. The molecule has 0 aliphatic heterocycles. The van der Waals surface area contributed by atoms with Crippen molar-refractivity contribution in [1.82, 2.24) is 9.88 Å². The van der Waals surface area contributed by atoms with E-state index < -0.39 is 0 Å². The van der Waals surface area contributed by atoms with Crippen LogP contribution < -0.4 is 9.47 Å². The van der Waals surface area contributed by atoms with Crippen LogP contribution in [0.15, 0.2) is 48.5 Å². The fourth-order valence-corrected chi connectivity index (χ4v) is 3.94. The Morgan fingerprint density at radius 1 is 1.07 bits per heavy atom. The summed E-state index contributed by atoms with van der Waals surface area (Å²) in [5.74, 6) is 1.24. The van der Waals surface area contributed by atoms with Crippen LogP contribution >= 0.6 is 11.3 Å². The van der Waals surface area contributed by atoms with Gasteiger partial charge in [-0.25, -0.2) is 4.98 Å². The van der Waals surface area contributed by atoms with E-state index in [2.05, 4.69) is 4.98 Å². The topological polar surface area (TPSA) is 51.7 Å². The molecule has 6 heteroatoms. The number of thiazole rings is 1. The standard InChI is InChI=1S/C21H22N2O3S/c1-14-19(27-20(22-14)15-9-6-5-7-10-15)21(24)23(2)13-16-11-8-12-17(25-3)18(16)26-4/h5-12H,13H2,1-4H3. The molecule has 0 spiro atoms. The van der Waals surface area contributed by atoms with Crippen LogP contribution in [0.25, 0.3) is 10.6 Å². The average molecular weight is 382 g/mol. The maximum absolute atomic E-state index is 13.0. The van der Waals surface area contributed by atoms with Crippen LogP contribution in [0, 0.1) is 6.92 Å². The first-order valence-electron chi connectivity index (χ1n) is 8.53. The first-order valence-corrected chi connectivity index (χ1v) is 9.35. The molecule has 2 aromatic carbocycles. The summed E-state index contributed by atoms with van der Waals surface area (Å²) in [6.45, 7) is 2.29. The molecule has 0 unspecified atom stereocenters. The van der Waals surface area contributed by atoms with Crippen molar-refractivity contribution >= 4 is 17.2 Å². The van der Waals surface area contributed by atoms with Gasteiger partial charge >= 0.3 is 0 Å². The second kappa shape index (κ2) is 8.22. The summed E-state index contributed by atoms with van der Waals surface area (Å²) >= 11 is 1.42. The fraction of sp³-hybridized carbons (Fsp3) is 0.238. The molecule has 1 aromatic heterocycles. The zero-order chi connectivity index (χ0) is 19.4. The molecule has 1 amide bonds. The summed E-state index contributed by atoms with van der Waals surface area (Å²) in [4.78, 5) is 19.9. The summed E-state index contributed by atoms with van der Waals surface area (Å²) in [6, 6.07) is 15.5. The predicted octanol–water partition coefficient (Wildman–Crippen LogP) is 4.41. The van der Waals surface area contributed by atoms with Crippen molar-refractivity contribution in [1.29, 1.82) is 0 Å². The van der Waals surface area contributed by atoms with Gasteiger partial charge in [0.25, 0.3) is 5.91 Å². The number of ether oxygens (including phenoxy) is 2.